The first-order valence-corrected chi connectivity index (χ1v) is 3.23. The Morgan fingerprint density at radius 1 is 1.27 bits per heavy atom. The van der Waals surface area contributed by atoms with Crippen LogP contribution in [0.15, 0.2) is 18.2 Å². The van der Waals surface area contributed by atoms with Gasteiger partial charge >= 0.3 is 7.12 Å². The topological polar surface area (TPSA) is 40.5 Å². The van der Waals surface area contributed by atoms with E-state index in [1.54, 1.807) is 6.92 Å². The summed E-state index contributed by atoms with van der Waals surface area (Å²) in [7, 11) is -1.59. The Morgan fingerprint density at radius 2 is 1.91 bits per heavy atom. The predicted octanol–water partition coefficient (Wildman–Crippen LogP) is -0.186. The van der Waals surface area contributed by atoms with Gasteiger partial charge in [-0.2, -0.15) is 0 Å². The van der Waals surface area contributed by atoms with Gasteiger partial charge in [0.2, 0.25) is 0 Å². The lowest BCUT2D eigenvalue weighted by Crippen LogP contribution is -2.30. The average molecular weight is 154 g/mol. The normalized spacial score (nSPS) is 9.82. The Hall–Kier alpha value is -0.865. The van der Waals surface area contributed by atoms with E-state index in [0.29, 0.717) is 5.56 Å². The van der Waals surface area contributed by atoms with E-state index in [1.165, 1.54) is 12.1 Å². The van der Waals surface area contributed by atoms with Crippen molar-refractivity contribution in [3.05, 3.63) is 29.6 Å². The van der Waals surface area contributed by atoms with Crippen molar-refractivity contribution in [3.63, 3.8) is 0 Å². The molecule has 0 fully saturated rings. The van der Waals surface area contributed by atoms with Gasteiger partial charge in [-0.25, -0.2) is 4.39 Å². The molecular weight excluding hydrogens is 146 g/mol. The fourth-order valence-electron chi connectivity index (χ4n) is 0.914. The minimum Gasteiger partial charge on any atom is -0.423 e. The maximum atomic E-state index is 12.6. The third-order valence-corrected chi connectivity index (χ3v) is 1.36. The van der Waals surface area contributed by atoms with Gasteiger partial charge in [0.25, 0.3) is 0 Å². The summed E-state index contributed by atoms with van der Waals surface area (Å²) in [4.78, 5) is 0. The lowest BCUT2D eigenvalue weighted by Gasteiger charge is -2.00. The first kappa shape index (κ1) is 8.23. The molecule has 58 valence electrons. The maximum Gasteiger partial charge on any atom is 0.488 e. The zero-order valence-electron chi connectivity index (χ0n) is 6.08. The number of halogens is 1. The number of hydrogen-bond acceptors (Lipinski definition) is 2. The van der Waals surface area contributed by atoms with E-state index in [2.05, 4.69) is 0 Å². The van der Waals surface area contributed by atoms with Crippen molar-refractivity contribution in [3.8, 4) is 0 Å². The van der Waals surface area contributed by atoms with Crippen molar-refractivity contribution < 1.29 is 14.4 Å². The quantitative estimate of drug-likeness (QED) is 0.550. The fraction of sp³-hybridized carbons (Fsp3) is 0.143. The monoisotopic (exact) mass is 154 g/mol. The highest BCUT2D eigenvalue weighted by molar-refractivity contribution is 6.58. The van der Waals surface area contributed by atoms with Crippen molar-refractivity contribution in [2.45, 2.75) is 6.92 Å². The average Bonchev–Trinajstić information content (AvgIpc) is 1.85. The fourth-order valence-corrected chi connectivity index (χ4v) is 0.914. The van der Waals surface area contributed by atoms with E-state index >= 15 is 0 Å². The van der Waals surface area contributed by atoms with Gasteiger partial charge in [0.1, 0.15) is 5.82 Å². The summed E-state index contributed by atoms with van der Waals surface area (Å²) in [5, 5.41) is 17.3. The molecule has 11 heavy (non-hydrogen) atoms. The van der Waals surface area contributed by atoms with Crippen LogP contribution < -0.4 is 5.46 Å². The molecule has 2 nitrogen and oxygen atoms in total. The lowest BCUT2D eigenvalue weighted by molar-refractivity contribution is 0.425. The van der Waals surface area contributed by atoms with Crippen LogP contribution in [0.3, 0.4) is 0 Å². The van der Waals surface area contributed by atoms with Gasteiger partial charge in [0, 0.05) is 0 Å². The van der Waals surface area contributed by atoms with E-state index in [1.807, 2.05) is 0 Å². The van der Waals surface area contributed by atoms with Crippen molar-refractivity contribution in [1.82, 2.24) is 0 Å². The lowest BCUT2D eigenvalue weighted by atomic mass is 9.80. The Morgan fingerprint density at radius 3 is 2.36 bits per heavy atom. The molecule has 1 aromatic carbocycles. The SMILES string of the molecule is Cc1cc(F)cc(B(O)O)c1. The minimum absolute atomic E-state index is 0.183. The van der Waals surface area contributed by atoms with E-state index < -0.39 is 12.9 Å². The van der Waals surface area contributed by atoms with Gasteiger partial charge in [-0.1, -0.05) is 6.07 Å². The molecule has 1 rings (SSSR count). The summed E-state index contributed by atoms with van der Waals surface area (Å²) in [6, 6.07) is 3.94. The Bertz CT molecular complexity index is 242. The van der Waals surface area contributed by atoms with Crippen molar-refractivity contribution in [2.24, 2.45) is 0 Å². The molecule has 0 saturated carbocycles. The molecule has 0 aliphatic carbocycles. The summed E-state index contributed by atoms with van der Waals surface area (Å²) >= 11 is 0. The van der Waals surface area contributed by atoms with Crippen LogP contribution >= 0.6 is 0 Å². The third-order valence-electron chi connectivity index (χ3n) is 1.36. The minimum atomic E-state index is -1.59. The van der Waals surface area contributed by atoms with Gasteiger partial charge in [0.15, 0.2) is 0 Å². The molecule has 4 heteroatoms. The molecular formula is C7H8BFO2. The van der Waals surface area contributed by atoms with E-state index in [-0.39, 0.29) is 5.46 Å². The highest BCUT2D eigenvalue weighted by Gasteiger charge is 2.11. The Labute approximate surface area is 64.4 Å². The van der Waals surface area contributed by atoms with Crippen LogP contribution in [0, 0.1) is 12.7 Å². The summed E-state index contributed by atoms with van der Waals surface area (Å²) in [5.74, 6) is -0.451. The van der Waals surface area contributed by atoms with Gasteiger partial charge in [-0.15, -0.1) is 0 Å². The van der Waals surface area contributed by atoms with Gasteiger partial charge in [-0.3, -0.25) is 0 Å². The molecule has 0 aliphatic heterocycles. The zero-order chi connectivity index (χ0) is 8.43. The number of rotatable bonds is 1. The largest absolute Gasteiger partial charge is 0.488 e. The Balaban J connectivity index is 3.08. The number of benzene rings is 1. The van der Waals surface area contributed by atoms with Crippen LogP contribution in [-0.4, -0.2) is 17.2 Å². The highest BCUT2D eigenvalue weighted by Crippen LogP contribution is 1.99. The molecule has 0 atom stereocenters. The second-order valence-electron chi connectivity index (χ2n) is 2.44. The van der Waals surface area contributed by atoms with Crippen LogP contribution in [0.25, 0.3) is 0 Å². The second-order valence-corrected chi connectivity index (χ2v) is 2.44. The second kappa shape index (κ2) is 3.03. The third kappa shape index (κ3) is 2.03. The van der Waals surface area contributed by atoms with Crippen molar-refractivity contribution >= 4 is 12.6 Å². The maximum absolute atomic E-state index is 12.6. The van der Waals surface area contributed by atoms with E-state index in [9.17, 15) is 4.39 Å². The molecule has 0 aromatic heterocycles. The zero-order valence-corrected chi connectivity index (χ0v) is 6.08. The van der Waals surface area contributed by atoms with E-state index in [4.69, 9.17) is 10.0 Å². The molecule has 0 amide bonds. The molecule has 0 radical (unpaired) electrons. The smallest absolute Gasteiger partial charge is 0.423 e. The first-order chi connectivity index (χ1) is 5.09. The summed E-state index contributed by atoms with van der Waals surface area (Å²) in [6.07, 6.45) is 0. The molecule has 0 bridgehead atoms. The molecule has 0 saturated heterocycles. The number of hydrogen-bond donors (Lipinski definition) is 2. The Kier molecular flexibility index (Phi) is 2.26. The molecule has 0 spiro atoms. The number of aryl methyl sites for hydroxylation is 1. The van der Waals surface area contributed by atoms with Crippen LogP contribution in [0.2, 0.25) is 0 Å². The van der Waals surface area contributed by atoms with E-state index in [0.717, 1.165) is 6.07 Å². The molecule has 0 aliphatic rings. The summed E-state index contributed by atoms with van der Waals surface area (Å²) in [6.45, 7) is 1.69. The van der Waals surface area contributed by atoms with Gasteiger partial charge in [-0.05, 0) is 30.1 Å². The van der Waals surface area contributed by atoms with Gasteiger partial charge < -0.3 is 10.0 Å². The summed E-state index contributed by atoms with van der Waals surface area (Å²) < 4.78 is 12.6. The van der Waals surface area contributed by atoms with Crippen molar-refractivity contribution in [2.75, 3.05) is 0 Å². The van der Waals surface area contributed by atoms with Crippen LogP contribution in [0.5, 0.6) is 0 Å². The molecule has 1 aromatic rings. The molecule has 2 N–H and O–H groups in total. The predicted molar refractivity (Wildman–Crippen MR) is 41.0 cm³/mol. The summed E-state index contributed by atoms with van der Waals surface area (Å²) in [5.41, 5.74) is 0.857. The van der Waals surface area contributed by atoms with Crippen LogP contribution in [0.1, 0.15) is 5.56 Å². The molecule has 0 unspecified atom stereocenters. The van der Waals surface area contributed by atoms with Gasteiger partial charge in [0.05, 0.1) is 0 Å². The molecule has 0 heterocycles. The van der Waals surface area contributed by atoms with Crippen LogP contribution in [-0.2, 0) is 0 Å². The highest BCUT2D eigenvalue weighted by atomic mass is 19.1. The van der Waals surface area contributed by atoms with Crippen molar-refractivity contribution in [1.29, 1.82) is 0 Å². The first-order valence-electron chi connectivity index (χ1n) is 3.23. The van der Waals surface area contributed by atoms with Crippen LogP contribution in [0.4, 0.5) is 4.39 Å². The standard InChI is InChI=1S/C7H8BFO2/c1-5-2-6(8(10)11)4-7(9)3-5/h2-4,10-11H,1H3.